The maximum atomic E-state index is 13.5. The summed E-state index contributed by atoms with van der Waals surface area (Å²) >= 11 is 1.22. The predicted octanol–water partition coefficient (Wildman–Crippen LogP) is 4.74. The van der Waals surface area contributed by atoms with Crippen LogP contribution in [-0.4, -0.2) is 5.54 Å². The summed E-state index contributed by atoms with van der Waals surface area (Å²) < 4.78 is 32.3. The molecule has 0 saturated heterocycles. The number of hydrogen-bond donors (Lipinski definition) is 1. The molecule has 2 nitrogen and oxygen atoms in total. The molecule has 0 atom stereocenters. The fraction of sp³-hybridized carbons (Fsp3) is 0.375. The SMILES string of the molecule is CC(C)(C)NCc1ccc(CSc2cc(F)ccc2F)o1. The highest BCUT2D eigenvalue weighted by Crippen LogP contribution is 2.27. The molecule has 0 aliphatic rings. The van der Waals surface area contributed by atoms with Crippen molar-refractivity contribution in [2.45, 2.75) is 43.5 Å². The van der Waals surface area contributed by atoms with E-state index in [1.165, 1.54) is 17.8 Å². The van der Waals surface area contributed by atoms with Crippen molar-refractivity contribution in [3.63, 3.8) is 0 Å². The number of benzene rings is 1. The van der Waals surface area contributed by atoms with Crippen LogP contribution in [0.25, 0.3) is 0 Å². The van der Waals surface area contributed by atoms with Gasteiger partial charge in [-0.2, -0.15) is 0 Å². The minimum atomic E-state index is -0.437. The third kappa shape index (κ3) is 5.17. The molecule has 1 aromatic carbocycles. The van der Waals surface area contributed by atoms with Crippen molar-refractivity contribution >= 4 is 11.8 Å². The first-order chi connectivity index (χ1) is 9.83. The lowest BCUT2D eigenvalue weighted by molar-refractivity contribution is 0.382. The van der Waals surface area contributed by atoms with Crippen molar-refractivity contribution in [2.75, 3.05) is 0 Å². The van der Waals surface area contributed by atoms with E-state index >= 15 is 0 Å². The summed E-state index contributed by atoms with van der Waals surface area (Å²) in [6.07, 6.45) is 0. The van der Waals surface area contributed by atoms with Crippen molar-refractivity contribution in [1.82, 2.24) is 5.32 Å². The van der Waals surface area contributed by atoms with Crippen molar-refractivity contribution < 1.29 is 13.2 Å². The van der Waals surface area contributed by atoms with Gasteiger partial charge in [-0.05, 0) is 51.1 Å². The van der Waals surface area contributed by atoms with Crippen LogP contribution >= 0.6 is 11.8 Å². The van der Waals surface area contributed by atoms with Gasteiger partial charge in [-0.15, -0.1) is 11.8 Å². The van der Waals surface area contributed by atoms with Gasteiger partial charge in [0.25, 0.3) is 0 Å². The monoisotopic (exact) mass is 311 g/mol. The summed E-state index contributed by atoms with van der Waals surface area (Å²) in [6.45, 7) is 6.89. The van der Waals surface area contributed by atoms with E-state index in [-0.39, 0.29) is 5.54 Å². The quantitative estimate of drug-likeness (QED) is 0.808. The van der Waals surface area contributed by atoms with Crippen molar-refractivity contribution in [3.8, 4) is 0 Å². The lowest BCUT2D eigenvalue weighted by Gasteiger charge is -2.19. The Balaban J connectivity index is 1.92. The van der Waals surface area contributed by atoms with Gasteiger partial charge in [0.05, 0.1) is 12.3 Å². The molecular weight excluding hydrogens is 292 g/mol. The predicted molar refractivity (Wildman–Crippen MR) is 81.2 cm³/mol. The fourth-order valence-corrected chi connectivity index (χ4v) is 2.54. The first-order valence-corrected chi connectivity index (χ1v) is 7.72. The molecule has 0 fully saturated rings. The van der Waals surface area contributed by atoms with Crippen LogP contribution in [0.3, 0.4) is 0 Å². The molecule has 0 bridgehead atoms. The third-order valence-corrected chi connectivity index (χ3v) is 3.83. The maximum absolute atomic E-state index is 13.5. The fourth-order valence-electron chi connectivity index (χ4n) is 1.68. The molecule has 0 aliphatic heterocycles. The lowest BCUT2D eigenvalue weighted by atomic mass is 10.1. The van der Waals surface area contributed by atoms with E-state index < -0.39 is 11.6 Å². The smallest absolute Gasteiger partial charge is 0.136 e. The molecular formula is C16H19F2NOS. The molecule has 114 valence electrons. The lowest BCUT2D eigenvalue weighted by Crippen LogP contribution is -2.34. The average molecular weight is 311 g/mol. The van der Waals surface area contributed by atoms with Gasteiger partial charge in [0.1, 0.15) is 23.2 Å². The first-order valence-electron chi connectivity index (χ1n) is 6.74. The van der Waals surface area contributed by atoms with Gasteiger partial charge >= 0.3 is 0 Å². The standard InChI is InChI=1S/C16H19F2NOS/c1-16(2,3)19-9-12-5-6-13(20-12)10-21-15-8-11(17)4-7-14(15)18/h4-8,19H,9-10H2,1-3H3. The highest BCUT2D eigenvalue weighted by molar-refractivity contribution is 7.98. The second-order valence-electron chi connectivity index (χ2n) is 5.83. The van der Waals surface area contributed by atoms with Crippen LogP contribution in [0.5, 0.6) is 0 Å². The number of nitrogens with one attached hydrogen (secondary N) is 1. The van der Waals surface area contributed by atoms with Crippen LogP contribution < -0.4 is 5.32 Å². The minimum Gasteiger partial charge on any atom is -0.464 e. The van der Waals surface area contributed by atoms with E-state index in [2.05, 4.69) is 26.1 Å². The van der Waals surface area contributed by atoms with Gasteiger partial charge in [-0.25, -0.2) is 8.78 Å². The molecule has 0 radical (unpaired) electrons. The van der Waals surface area contributed by atoms with Crippen molar-refractivity contribution in [1.29, 1.82) is 0 Å². The zero-order chi connectivity index (χ0) is 15.5. The van der Waals surface area contributed by atoms with E-state index in [0.717, 1.165) is 23.7 Å². The number of thioether (sulfide) groups is 1. The number of hydrogen-bond acceptors (Lipinski definition) is 3. The van der Waals surface area contributed by atoms with Gasteiger partial charge < -0.3 is 9.73 Å². The maximum Gasteiger partial charge on any atom is 0.136 e. The topological polar surface area (TPSA) is 25.2 Å². The van der Waals surface area contributed by atoms with Gasteiger partial charge in [0, 0.05) is 10.4 Å². The molecule has 5 heteroatoms. The largest absolute Gasteiger partial charge is 0.464 e. The molecule has 2 aromatic rings. The van der Waals surface area contributed by atoms with Gasteiger partial charge in [0.2, 0.25) is 0 Å². The Bertz CT molecular complexity index is 605. The van der Waals surface area contributed by atoms with Crippen molar-refractivity contribution in [2.24, 2.45) is 0 Å². The van der Waals surface area contributed by atoms with E-state index in [4.69, 9.17) is 4.42 Å². The van der Waals surface area contributed by atoms with Crippen LogP contribution in [0.1, 0.15) is 32.3 Å². The zero-order valence-electron chi connectivity index (χ0n) is 12.4. The Morgan fingerprint density at radius 1 is 1.10 bits per heavy atom. The molecule has 1 aromatic heterocycles. The first kappa shape index (κ1) is 16.0. The van der Waals surface area contributed by atoms with E-state index in [1.807, 2.05) is 12.1 Å². The number of halogens is 2. The Morgan fingerprint density at radius 3 is 2.52 bits per heavy atom. The molecule has 1 N–H and O–H groups in total. The van der Waals surface area contributed by atoms with Crippen LogP contribution in [0.15, 0.2) is 39.6 Å². The van der Waals surface area contributed by atoms with Crippen LogP contribution in [0.2, 0.25) is 0 Å². The summed E-state index contributed by atoms with van der Waals surface area (Å²) in [6, 6.07) is 7.21. The van der Waals surface area contributed by atoms with Crippen LogP contribution in [0, 0.1) is 11.6 Å². The molecule has 0 unspecified atom stereocenters. The highest BCUT2D eigenvalue weighted by atomic mass is 32.2. The molecule has 21 heavy (non-hydrogen) atoms. The van der Waals surface area contributed by atoms with E-state index in [0.29, 0.717) is 17.2 Å². The Labute approximate surface area is 127 Å². The molecule has 0 spiro atoms. The second-order valence-corrected chi connectivity index (χ2v) is 6.85. The average Bonchev–Trinajstić information content (AvgIpc) is 2.85. The molecule has 0 amide bonds. The summed E-state index contributed by atoms with van der Waals surface area (Å²) in [5.41, 5.74) is 0.0202. The zero-order valence-corrected chi connectivity index (χ0v) is 13.2. The Morgan fingerprint density at radius 2 is 1.81 bits per heavy atom. The van der Waals surface area contributed by atoms with Crippen LogP contribution in [0.4, 0.5) is 8.78 Å². The summed E-state index contributed by atoms with van der Waals surface area (Å²) in [4.78, 5) is 0.292. The summed E-state index contributed by atoms with van der Waals surface area (Å²) in [5.74, 6) is 1.20. The molecule has 2 rings (SSSR count). The van der Waals surface area contributed by atoms with E-state index in [9.17, 15) is 8.78 Å². The second kappa shape index (κ2) is 6.62. The summed E-state index contributed by atoms with van der Waals surface area (Å²) in [5, 5.41) is 3.33. The van der Waals surface area contributed by atoms with E-state index in [1.54, 1.807) is 0 Å². The Hall–Kier alpha value is -1.33. The minimum absolute atomic E-state index is 0.0202. The highest BCUT2D eigenvalue weighted by Gasteiger charge is 2.11. The van der Waals surface area contributed by atoms with Gasteiger partial charge in [-0.1, -0.05) is 0 Å². The Kier molecular flexibility index (Phi) is 5.06. The van der Waals surface area contributed by atoms with Gasteiger partial charge in [-0.3, -0.25) is 0 Å². The van der Waals surface area contributed by atoms with Gasteiger partial charge in [0.15, 0.2) is 0 Å². The normalized spacial score (nSPS) is 11.9. The van der Waals surface area contributed by atoms with Crippen molar-refractivity contribution in [3.05, 3.63) is 53.5 Å². The molecule has 0 aliphatic carbocycles. The molecule has 0 saturated carbocycles. The third-order valence-electron chi connectivity index (χ3n) is 2.77. The number of furan rings is 1. The van der Waals surface area contributed by atoms with Crippen LogP contribution in [-0.2, 0) is 12.3 Å². The summed E-state index contributed by atoms with van der Waals surface area (Å²) in [7, 11) is 0. The molecule has 1 heterocycles. The number of rotatable bonds is 5.